The van der Waals surface area contributed by atoms with E-state index >= 15 is 0 Å². The van der Waals surface area contributed by atoms with Crippen molar-refractivity contribution in [2.45, 2.75) is 19.9 Å². The normalized spacial score (nSPS) is 10.2. The van der Waals surface area contributed by atoms with Crippen LogP contribution in [0.1, 0.15) is 17.5 Å². The molecule has 0 saturated carbocycles. The molecule has 88 valence electrons. The van der Waals surface area contributed by atoms with Gasteiger partial charge in [0.25, 0.3) is 0 Å². The summed E-state index contributed by atoms with van der Waals surface area (Å²) < 4.78 is 4.83. The van der Waals surface area contributed by atoms with Crippen LogP contribution in [-0.4, -0.2) is 19.6 Å². The molecule has 0 aliphatic heterocycles. The molecule has 3 N–H and O–H groups in total. The third-order valence-electron chi connectivity index (χ3n) is 2.39. The Morgan fingerprint density at radius 1 is 1.50 bits per heavy atom. The van der Waals surface area contributed by atoms with Crippen LogP contribution in [0.4, 0.5) is 5.69 Å². The van der Waals surface area contributed by atoms with Crippen LogP contribution in [-0.2, 0) is 16.1 Å². The molecular formula is C12H18N2O2. The van der Waals surface area contributed by atoms with Gasteiger partial charge in [0.1, 0.15) is 0 Å². The average molecular weight is 222 g/mol. The quantitative estimate of drug-likeness (QED) is 0.792. The first-order valence-electron chi connectivity index (χ1n) is 5.25. The fourth-order valence-corrected chi connectivity index (χ4v) is 1.39. The number of hydrogen-bond donors (Lipinski definition) is 2. The monoisotopic (exact) mass is 222 g/mol. The molecule has 0 radical (unpaired) electrons. The third-order valence-corrected chi connectivity index (χ3v) is 2.39. The third kappa shape index (κ3) is 3.64. The maximum atomic E-state index is 11.4. The second kappa shape index (κ2) is 6.25. The molecule has 4 heteroatoms. The second-order valence-electron chi connectivity index (χ2n) is 3.64. The number of carbonyl (C=O) groups is 1. The van der Waals surface area contributed by atoms with Gasteiger partial charge in [-0.2, -0.15) is 0 Å². The Bertz CT molecular complexity index is 364. The zero-order valence-corrected chi connectivity index (χ0v) is 9.75. The predicted molar refractivity (Wildman–Crippen MR) is 64.2 cm³/mol. The molecule has 0 aliphatic carbocycles. The molecule has 1 aromatic carbocycles. The SMILES string of the molecule is COCCC(=O)Nc1ccc(C)c(CN)c1. The molecule has 0 saturated heterocycles. The maximum Gasteiger partial charge on any atom is 0.226 e. The van der Waals surface area contributed by atoms with Gasteiger partial charge in [-0.25, -0.2) is 0 Å². The predicted octanol–water partition coefficient (Wildman–Crippen LogP) is 1.43. The Morgan fingerprint density at radius 3 is 2.88 bits per heavy atom. The molecule has 0 spiro atoms. The Morgan fingerprint density at radius 2 is 2.25 bits per heavy atom. The topological polar surface area (TPSA) is 64.3 Å². The number of methoxy groups -OCH3 is 1. The first kappa shape index (κ1) is 12.7. The van der Waals surface area contributed by atoms with E-state index in [2.05, 4.69) is 5.32 Å². The van der Waals surface area contributed by atoms with Crippen molar-refractivity contribution in [1.29, 1.82) is 0 Å². The highest BCUT2D eigenvalue weighted by Crippen LogP contribution is 2.14. The van der Waals surface area contributed by atoms with Crippen LogP contribution < -0.4 is 11.1 Å². The number of carbonyl (C=O) groups excluding carboxylic acids is 1. The van der Waals surface area contributed by atoms with Gasteiger partial charge >= 0.3 is 0 Å². The standard InChI is InChI=1S/C12H18N2O2/c1-9-3-4-11(7-10(9)8-13)14-12(15)5-6-16-2/h3-4,7H,5-6,8,13H2,1-2H3,(H,14,15). The zero-order chi connectivity index (χ0) is 12.0. The lowest BCUT2D eigenvalue weighted by Gasteiger charge is -2.08. The van der Waals surface area contributed by atoms with E-state index in [4.69, 9.17) is 10.5 Å². The van der Waals surface area contributed by atoms with Crippen LogP contribution in [0.3, 0.4) is 0 Å². The molecule has 0 aliphatic rings. The molecule has 1 amide bonds. The minimum absolute atomic E-state index is 0.0475. The molecule has 0 unspecified atom stereocenters. The Kier molecular flexibility index (Phi) is 4.95. The molecular weight excluding hydrogens is 204 g/mol. The van der Waals surface area contributed by atoms with Crippen LogP contribution in [0.5, 0.6) is 0 Å². The van der Waals surface area contributed by atoms with Crippen molar-refractivity contribution in [2.24, 2.45) is 5.73 Å². The van der Waals surface area contributed by atoms with Gasteiger partial charge < -0.3 is 15.8 Å². The highest BCUT2D eigenvalue weighted by Gasteiger charge is 2.03. The summed E-state index contributed by atoms with van der Waals surface area (Å²) in [6.07, 6.45) is 0.363. The first-order chi connectivity index (χ1) is 7.67. The molecule has 1 aromatic rings. The van der Waals surface area contributed by atoms with Crippen LogP contribution in [0.15, 0.2) is 18.2 Å². The van der Waals surface area contributed by atoms with E-state index < -0.39 is 0 Å². The zero-order valence-electron chi connectivity index (χ0n) is 9.75. The smallest absolute Gasteiger partial charge is 0.226 e. The van der Waals surface area contributed by atoms with Crippen LogP contribution in [0.25, 0.3) is 0 Å². The fourth-order valence-electron chi connectivity index (χ4n) is 1.39. The summed E-state index contributed by atoms with van der Waals surface area (Å²) in [4.78, 5) is 11.4. The molecule has 4 nitrogen and oxygen atoms in total. The number of nitrogens with two attached hydrogens (primary N) is 1. The van der Waals surface area contributed by atoms with Crippen molar-refractivity contribution < 1.29 is 9.53 Å². The van der Waals surface area contributed by atoms with Gasteiger partial charge in [-0.3, -0.25) is 4.79 Å². The minimum Gasteiger partial charge on any atom is -0.384 e. The molecule has 0 heterocycles. The number of anilines is 1. The van der Waals surface area contributed by atoms with E-state index in [-0.39, 0.29) is 5.91 Å². The lowest BCUT2D eigenvalue weighted by Crippen LogP contribution is -2.14. The summed E-state index contributed by atoms with van der Waals surface area (Å²) in [7, 11) is 1.58. The average Bonchev–Trinajstić information content (AvgIpc) is 2.29. The van der Waals surface area contributed by atoms with E-state index in [0.29, 0.717) is 19.6 Å². The fraction of sp³-hybridized carbons (Fsp3) is 0.417. The van der Waals surface area contributed by atoms with Crippen molar-refractivity contribution in [3.63, 3.8) is 0 Å². The van der Waals surface area contributed by atoms with Crippen LogP contribution in [0.2, 0.25) is 0 Å². The van der Waals surface area contributed by atoms with Crippen molar-refractivity contribution in [1.82, 2.24) is 0 Å². The van der Waals surface area contributed by atoms with Crippen molar-refractivity contribution in [2.75, 3.05) is 19.0 Å². The molecule has 16 heavy (non-hydrogen) atoms. The number of rotatable bonds is 5. The molecule has 0 aromatic heterocycles. The van der Waals surface area contributed by atoms with E-state index in [1.54, 1.807) is 7.11 Å². The van der Waals surface area contributed by atoms with Crippen molar-refractivity contribution in [3.8, 4) is 0 Å². The van der Waals surface area contributed by atoms with Gasteiger partial charge in [0, 0.05) is 19.3 Å². The number of ether oxygens (including phenoxy) is 1. The van der Waals surface area contributed by atoms with Crippen molar-refractivity contribution >= 4 is 11.6 Å². The van der Waals surface area contributed by atoms with E-state index in [1.165, 1.54) is 0 Å². The first-order valence-corrected chi connectivity index (χ1v) is 5.25. The number of hydrogen-bond acceptors (Lipinski definition) is 3. The van der Waals surface area contributed by atoms with Crippen LogP contribution in [0, 0.1) is 6.92 Å². The molecule has 0 fully saturated rings. The highest BCUT2D eigenvalue weighted by atomic mass is 16.5. The summed E-state index contributed by atoms with van der Waals surface area (Å²) in [6, 6.07) is 5.73. The number of aryl methyl sites for hydroxylation is 1. The Labute approximate surface area is 95.8 Å². The highest BCUT2D eigenvalue weighted by molar-refractivity contribution is 5.90. The van der Waals surface area contributed by atoms with E-state index in [0.717, 1.165) is 16.8 Å². The second-order valence-corrected chi connectivity index (χ2v) is 3.64. The summed E-state index contributed by atoms with van der Waals surface area (Å²) in [6.45, 7) is 2.91. The molecule has 1 rings (SSSR count). The van der Waals surface area contributed by atoms with E-state index in [9.17, 15) is 4.79 Å². The summed E-state index contributed by atoms with van der Waals surface area (Å²) >= 11 is 0. The van der Waals surface area contributed by atoms with Crippen molar-refractivity contribution in [3.05, 3.63) is 29.3 Å². The van der Waals surface area contributed by atoms with Gasteiger partial charge in [0.05, 0.1) is 13.0 Å². The molecule has 0 bridgehead atoms. The largest absolute Gasteiger partial charge is 0.384 e. The lowest BCUT2D eigenvalue weighted by atomic mass is 10.1. The van der Waals surface area contributed by atoms with Gasteiger partial charge in [0.15, 0.2) is 0 Å². The molecule has 0 atom stereocenters. The van der Waals surface area contributed by atoms with E-state index in [1.807, 2.05) is 25.1 Å². The van der Waals surface area contributed by atoms with Gasteiger partial charge in [-0.15, -0.1) is 0 Å². The Balaban J connectivity index is 2.63. The van der Waals surface area contributed by atoms with Crippen LogP contribution >= 0.6 is 0 Å². The number of nitrogens with one attached hydrogen (secondary N) is 1. The minimum atomic E-state index is -0.0475. The summed E-state index contributed by atoms with van der Waals surface area (Å²) in [5.74, 6) is -0.0475. The van der Waals surface area contributed by atoms with Gasteiger partial charge in [-0.05, 0) is 30.2 Å². The number of benzene rings is 1. The lowest BCUT2D eigenvalue weighted by molar-refractivity contribution is -0.117. The number of amides is 1. The Hall–Kier alpha value is -1.39. The van der Waals surface area contributed by atoms with Gasteiger partial charge in [0.2, 0.25) is 5.91 Å². The summed E-state index contributed by atoms with van der Waals surface area (Å²) in [5, 5.41) is 2.80. The maximum absolute atomic E-state index is 11.4. The van der Waals surface area contributed by atoms with Gasteiger partial charge in [-0.1, -0.05) is 6.07 Å². The summed E-state index contributed by atoms with van der Waals surface area (Å²) in [5.41, 5.74) is 8.56.